The van der Waals surface area contributed by atoms with Gasteiger partial charge in [0.15, 0.2) is 5.82 Å². The molecule has 192 valence electrons. The number of halogens is 2. The number of carbonyl (C=O) groups excluding carboxylic acids is 1. The number of imidazole rings is 1. The van der Waals surface area contributed by atoms with E-state index in [0.29, 0.717) is 33.2 Å². The molecule has 2 aromatic carbocycles. The monoisotopic (exact) mass is 513 g/mol. The number of alkyl halides is 2. The molecule has 5 aromatic rings. The Morgan fingerprint density at radius 2 is 1.84 bits per heavy atom. The maximum Gasteiger partial charge on any atom is 0.331 e. The second kappa shape index (κ2) is 9.74. The first kappa shape index (κ1) is 25.1. The highest BCUT2D eigenvalue weighted by Gasteiger charge is 2.40. The lowest BCUT2D eigenvalue weighted by atomic mass is 9.89. The third kappa shape index (κ3) is 4.30. The van der Waals surface area contributed by atoms with Gasteiger partial charge in [-0.1, -0.05) is 30.3 Å². The zero-order valence-electron chi connectivity index (χ0n) is 21.1. The number of fused-ring (bicyclic) bond motifs is 3. The minimum atomic E-state index is -3.44. The summed E-state index contributed by atoms with van der Waals surface area (Å²) in [4.78, 5) is 25.1. The van der Waals surface area contributed by atoms with Crippen LogP contribution < -0.4 is 4.74 Å². The van der Waals surface area contributed by atoms with E-state index in [0.717, 1.165) is 11.8 Å². The second-order valence-electron chi connectivity index (χ2n) is 9.15. The molecule has 0 fully saturated rings. The van der Waals surface area contributed by atoms with Crippen molar-refractivity contribution in [2.24, 2.45) is 0 Å². The lowest BCUT2D eigenvalue weighted by molar-refractivity contribution is -0.117. The Morgan fingerprint density at radius 3 is 2.47 bits per heavy atom. The van der Waals surface area contributed by atoms with E-state index in [1.54, 1.807) is 19.1 Å². The molecular formula is C29H25F2N5O2. The van der Waals surface area contributed by atoms with E-state index in [9.17, 15) is 4.79 Å². The number of benzene rings is 2. The van der Waals surface area contributed by atoms with E-state index in [4.69, 9.17) is 10.1 Å². The molecule has 0 saturated heterocycles. The first-order valence-electron chi connectivity index (χ1n) is 12.0. The van der Waals surface area contributed by atoms with E-state index in [2.05, 4.69) is 15.0 Å². The Hall–Kier alpha value is -4.53. The number of rotatable bonds is 8. The van der Waals surface area contributed by atoms with Crippen LogP contribution in [0.15, 0.2) is 73.2 Å². The summed E-state index contributed by atoms with van der Waals surface area (Å²) in [5, 5.41) is 8.69. The van der Waals surface area contributed by atoms with Gasteiger partial charge in [-0.25, -0.2) is 4.98 Å². The van der Waals surface area contributed by atoms with Gasteiger partial charge in [-0.15, -0.1) is 0 Å². The summed E-state index contributed by atoms with van der Waals surface area (Å²) in [7, 11) is 1.47. The molecule has 5 rings (SSSR count). The standard InChI is InChI=1S/C29H25F2N5O2/c1-17(32)26(18(2)37)22-12-23-21(13-25(22)38-3)27-24(15-34-23)35-28(29(30,31)20-10-7-11-33-14-20)36(27)16-19-8-5-4-6-9-19/h4-15,26,32H,16H2,1-3H3. The summed E-state index contributed by atoms with van der Waals surface area (Å²) in [5.74, 6) is -4.50. The number of aromatic nitrogens is 4. The Balaban J connectivity index is 1.82. The van der Waals surface area contributed by atoms with E-state index in [1.807, 2.05) is 30.3 Å². The quantitative estimate of drug-likeness (QED) is 0.261. The van der Waals surface area contributed by atoms with Crippen molar-refractivity contribution in [3.8, 4) is 5.75 Å². The zero-order chi connectivity index (χ0) is 27.0. The molecule has 0 amide bonds. The Kier molecular flexibility index (Phi) is 6.44. The molecule has 0 radical (unpaired) electrons. The minimum absolute atomic E-state index is 0.140. The third-order valence-electron chi connectivity index (χ3n) is 6.56. The first-order chi connectivity index (χ1) is 18.2. The fourth-order valence-electron chi connectivity index (χ4n) is 4.85. The van der Waals surface area contributed by atoms with Gasteiger partial charge in [0.25, 0.3) is 0 Å². The van der Waals surface area contributed by atoms with Crippen molar-refractivity contribution < 1.29 is 18.3 Å². The molecule has 0 aliphatic carbocycles. The number of carbonyl (C=O) groups is 1. The Bertz CT molecular complexity index is 1650. The predicted octanol–water partition coefficient (Wildman–Crippen LogP) is 5.89. The van der Waals surface area contributed by atoms with Gasteiger partial charge in [-0.3, -0.25) is 14.8 Å². The zero-order valence-corrected chi connectivity index (χ0v) is 21.1. The fraction of sp³-hybridized carbons (Fsp3) is 0.207. The number of pyridine rings is 2. The molecule has 0 bridgehead atoms. The number of nitrogens with one attached hydrogen (secondary N) is 1. The SMILES string of the molecule is COc1cc2c(cc1C(C(C)=N)C(C)=O)ncc1nc(C(F)(F)c3cccnc3)n(Cc3ccccc3)c12. The highest BCUT2D eigenvalue weighted by molar-refractivity contribution is 6.09. The molecule has 7 nitrogen and oxygen atoms in total. The van der Waals surface area contributed by atoms with Crippen LogP contribution in [-0.2, 0) is 17.3 Å². The summed E-state index contributed by atoms with van der Waals surface area (Å²) in [5.41, 5.74) is 2.46. The summed E-state index contributed by atoms with van der Waals surface area (Å²) in [6.45, 7) is 3.13. The highest BCUT2D eigenvalue weighted by Crippen LogP contribution is 2.40. The van der Waals surface area contributed by atoms with Crippen molar-refractivity contribution >= 4 is 33.4 Å². The molecule has 0 saturated carbocycles. The topological polar surface area (TPSA) is 93.8 Å². The van der Waals surface area contributed by atoms with Gasteiger partial charge < -0.3 is 14.7 Å². The van der Waals surface area contributed by atoms with Crippen LogP contribution in [0.3, 0.4) is 0 Å². The molecule has 3 heterocycles. The summed E-state index contributed by atoms with van der Waals surface area (Å²) in [6.07, 6.45) is 4.04. The molecule has 0 aliphatic heterocycles. The average molecular weight is 514 g/mol. The smallest absolute Gasteiger partial charge is 0.331 e. The largest absolute Gasteiger partial charge is 0.496 e. The van der Waals surface area contributed by atoms with Crippen LogP contribution in [0.4, 0.5) is 8.78 Å². The number of nitrogens with zero attached hydrogens (tertiary/aromatic N) is 4. The summed E-state index contributed by atoms with van der Waals surface area (Å²) < 4.78 is 39.0. The minimum Gasteiger partial charge on any atom is -0.496 e. The van der Waals surface area contributed by atoms with Gasteiger partial charge in [0, 0.05) is 41.2 Å². The third-order valence-corrected chi connectivity index (χ3v) is 6.56. The lowest BCUT2D eigenvalue weighted by Gasteiger charge is -2.19. The van der Waals surface area contributed by atoms with Crippen molar-refractivity contribution in [2.45, 2.75) is 32.2 Å². The van der Waals surface area contributed by atoms with Crippen LogP contribution in [-0.4, -0.2) is 38.1 Å². The van der Waals surface area contributed by atoms with Gasteiger partial charge in [0.05, 0.1) is 30.3 Å². The van der Waals surface area contributed by atoms with Crippen molar-refractivity contribution in [1.82, 2.24) is 19.5 Å². The van der Waals surface area contributed by atoms with Crippen molar-refractivity contribution in [2.75, 3.05) is 7.11 Å². The number of ether oxygens (including phenoxy) is 1. The lowest BCUT2D eigenvalue weighted by Crippen LogP contribution is -2.22. The molecule has 3 aromatic heterocycles. The van der Waals surface area contributed by atoms with Gasteiger partial charge in [-0.2, -0.15) is 8.78 Å². The van der Waals surface area contributed by atoms with Gasteiger partial charge in [0.1, 0.15) is 17.0 Å². The number of methoxy groups -OCH3 is 1. The highest BCUT2D eigenvalue weighted by atomic mass is 19.3. The Labute approximate surface area is 217 Å². The summed E-state index contributed by atoms with van der Waals surface area (Å²) in [6, 6.07) is 15.5. The molecule has 0 aliphatic rings. The molecular weight excluding hydrogens is 488 g/mol. The van der Waals surface area contributed by atoms with E-state index < -0.39 is 17.7 Å². The van der Waals surface area contributed by atoms with Gasteiger partial charge >= 0.3 is 5.92 Å². The average Bonchev–Trinajstić information content (AvgIpc) is 3.28. The van der Waals surface area contributed by atoms with Crippen molar-refractivity contribution in [1.29, 1.82) is 5.41 Å². The van der Waals surface area contributed by atoms with Crippen LogP contribution in [0.5, 0.6) is 5.75 Å². The van der Waals surface area contributed by atoms with Gasteiger partial charge in [0.2, 0.25) is 0 Å². The van der Waals surface area contributed by atoms with Crippen LogP contribution in [0.25, 0.3) is 21.9 Å². The first-order valence-corrected chi connectivity index (χ1v) is 12.0. The van der Waals surface area contributed by atoms with Crippen molar-refractivity contribution in [3.05, 3.63) is 95.7 Å². The normalized spacial score (nSPS) is 12.6. The van der Waals surface area contributed by atoms with Crippen molar-refractivity contribution in [3.63, 3.8) is 0 Å². The number of ketones is 1. The number of hydrogen-bond donors (Lipinski definition) is 1. The van der Waals surface area contributed by atoms with Gasteiger partial charge in [-0.05, 0) is 43.7 Å². The molecule has 1 N–H and O–H groups in total. The van der Waals surface area contributed by atoms with Crippen LogP contribution in [0, 0.1) is 5.41 Å². The fourth-order valence-corrected chi connectivity index (χ4v) is 4.85. The predicted molar refractivity (Wildman–Crippen MR) is 141 cm³/mol. The van der Waals surface area contributed by atoms with Crippen LogP contribution in [0.2, 0.25) is 0 Å². The van der Waals surface area contributed by atoms with Crippen LogP contribution >= 0.6 is 0 Å². The van der Waals surface area contributed by atoms with E-state index in [-0.39, 0.29) is 23.6 Å². The van der Waals surface area contributed by atoms with E-state index >= 15 is 8.78 Å². The van der Waals surface area contributed by atoms with E-state index in [1.165, 1.54) is 43.1 Å². The molecule has 1 unspecified atom stereocenters. The molecule has 38 heavy (non-hydrogen) atoms. The maximum atomic E-state index is 16.0. The number of hydrogen-bond acceptors (Lipinski definition) is 6. The maximum absolute atomic E-state index is 16.0. The molecule has 9 heteroatoms. The molecule has 1 atom stereocenters. The van der Waals surface area contributed by atoms with Crippen LogP contribution in [0.1, 0.15) is 42.3 Å². The number of Topliss-reactive ketones (excluding diaryl/α,β-unsaturated/α-hetero) is 1. The summed E-state index contributed by atoms with van der Waals surface area (Å²) >= 11 is 0. The Morgan fingerprint density at radius 1 is 1.08 bits per heavy atom. The second-order valence-corrected chi connectivity index (χ2v) is 9.15. The molecule has 0 spiro atoms.